The number of hydrogen-bond acceptors (Lipinski definition) is 5. The van der Waals surface area contributed by atoms with Crippen LogP contribution in [0.1, 0.15) is 29.3 Å². The molecule has 2 N–H and O–H groups in total. The Morgan fingerprint density at radius 2 is 2.12 bits per heavy atom. The molecule has 0 atom stereocenters. The van der Waals surface area contributed by atoms with Gasteiger partial charge in [0.2, 0.25) is 5.88 Å². The molecule has 138 valence electrons. The van der Waals surface area contributed by atoms with Crippen LogP contribution in [0.15, 0.2) is 29.5 Å². The largest absolute Gasteiger partial charge is 0.478 e. The molecule has 0 saturated heterocycles. The number of rotatable bonds is 8. The van der Waals surface area contributed by atoms with Crippen LogP contribution in [0.2, 0.25) is 0 Å². The molecule has 0 radical (unpaired) electrons. The average Bonchev–Trinajstić information content (AvgIpc) is 2.99. The van der Waals surface area contributed by atoms with Crippen molar-refractivity contribution < 1.29 is 4.74 Å². The maximum absolute atomic E-state index is 5.42. The third-order valence-electron chi connectivity index (χ3n) is 3.16. The summed E-state index contributed by atoms with van der Waals surface area (Å²) >= 11 is 1.74. The second-order valence-electron chi connectivity index (χ2n) is 5.17. The van der Waals surface area contributed by atoms with E-state index in [4.69, 9.17) is 4.74 Å². The van der Waals surface area contributed by atoms with Gasteiger partial charge in [0.1, 0.15) is 0 Å². The number of aryl methyl sites for hydroxylation is 1. The number of pyridine rings is 1. The molecule has 0 unspecified atom stereocenters. The molecule has 25 heavy (non-hydrogen) atoms. The highest BCUT2D eigenvalue weighted by Crippen LogP contribution is 2.11. The normalized spacial score (nSPS) is 10.9. The van der Waals surface area contributed by atoms with Crippen molar-refractivity contribution in [2.75, 3.05) is 19.7 Å². The Kier molecular flexibility index (Phi) is 10.4. The summed E-state index contributed by atoms with van der Waals surface area (Å²) in [5.41, 5.74) is 1.07. The molecule has 0 amide bonds. The lowest BCUT2D eigenvalue weighted by Crippen LogP contribution is -2.38. The molecule has 8 heteroatoms. The first kappa shape index (κ1) is 21.6. The minimum absolute atomic E-state index is 0. The number of ether oxygens (including phenoxy) is 1. The quantitative estimate of drug-likeness (QED) is 0.349. The van der Waals surface area contributed by atoms with Gasteiger partial charge in [-0.05, 0) is 32.4 Å². The summed E-state index contributed by atoms with van der Waals surface area (Å²) in [6.45, 7) is 8.90. The topological polar surface area (TPSA) is 71.4 Å². The number of hydrogen-bond donors (Lipinski definition) is 2. The number of aromatic nitrogens is 2. The fourth-order valence-corrected chi connectivity index (χ4v) is 2.88. The van der Waals surface area contributed by atoms with Gasteiger partial charge in [0.25, 0.3) is 0 Å². The molecule has 0 aliphatic heterocycles. The Morgan fingerprint density at radius 3 is 2.80 bits per heavy atom. The standard InChI is InChI=1S/C17H25N5OS.HI/c1-4-18-17(20-9-7-16-21-11-13(3)24-16)22-12-14-6-8-19-15(10-14)23-5-2;/h6,8,10-11H,4-5,7,9,12H2,1-3H3,(H2,18,20,22);1H. The first-order chi connectivity index (χ1) is 11.7. The molecule has 0 bridgehead atoms. The predicted molar refractivity (Wildman–Crippen MR) is 114 cm³/mol. The van der Waals surface area contributed by atoms with E-state index in [9.17, 15) is 0 Å². The number of nitrogens with zero attached hydrogens (tertiary/aromatic N) is 3. The van der Waals surface area contributed by atoms with E-state index in [1.807, 2.05) is 25.3 Å². The van der Waals surface area contributed by atoms with Gasteiger partial charge in [0.05, 0.1) is 18.2 Å². The number of aliphatic imine (C=N–C) groups is 1. The lowest BCUT2D eigenvalue weighted by Gasteiger charge is -2.11. The van der Waals surface area contributed by atoms with Crippen LogP contribution in [0.3, 0.4) is 0 Å². The number of guanidine groups is 1. The summed E-state index contributed by atoms with van der Waals surface area (Å²) in [4.78, 5) is 14.4. The van der Waals surface area contributed by atoms with Crippen LogP contribution in [0.4, 0.5) is 0 Å². The number of halogens is 1. The van der Waals surface area contributed by atoms with E-state index >= 15 is 0 Å². The van der Waals surface area contributed by atoms with E-state index in [0.29, 0.717) is 19.0 Å². The van der Waals surface area contributed by atoms with Gasteiger partial charge in [-0.3, -0.25) is 0 Å². The van der Waals surface area contributed by atoms with Crippen LogP contribution >= 0.6 is 35.3 Å². The van der Waals surface area contributed by atoms with Gasteiger partial charge in [-0.25, -0.2) is 15.0 Å². The predicted octanol–water partition coefficient (Wildman–Crippen LogP) is 3.16. The molecule has 0 aliphatic carbocycles. The lowest BCUT2D eigenvalue weighted by atomic mass is 10.3. The van der Waals surface area contributed by atoms with E-state index in [0.717, 1.165) is 36.0 Å². The van der Waals surface area contributed by atoms with Gasteiger partial charge >= 0.3 is 0 Å². The van der Waals surface area contributed by atoms with E-state index in [2.05, 4.69) is 39.4 Å². The average molecular weight is 475 g/mol. The van der Waals surface area contributed by atoms with Crippen molar-refractivity contribution in [2.45, 2.75) is 33.7 Å². The maximum Gasteiger partial charge on any atom is 0.213 e. The second-order valence-corrected chi connectivity index (χ2v) is 6.49. The van der Waals surface area contributed by atoms with Crippen molar-refractivity contribution in [3.05, 3.63) is 40.0 Å². The van der Waals surface area contributed by atoms with Gasteiger partial charge in [0.15, 0.2) is 5.96 Å². The first-order valence-corrected chi connectivity index (χ1v) is 9.04. The Hall–Kier alpha value is -1.42. The van der Waals surface area contributed by atoms with Crippen molar-refractivity contribution in [1.29, 1.82) is 0 Å². The fraction of sp³-hybridized carbons (Fsp3) is 0.471. The highest BCUT2D eigenvalue weighted by atomic mass is 127. The van der Waals surface area contributed by atoms with Crippen molar-refractivity contribution in [3.63, 3.8) is 0 Å². The maximum atomic E-state index is 5.42. The van der Waals surface area contributed by atoms with Crippen molar-refractivity contribution in [1.82, 2.24) is 20.6 Å². The van der Waals surface area contributed by atoms with Gasteiger partial charge < -0.3 is 15.4 Å². The van der Waals surface area contributed by atoms with Gasteiger partial charge in [-0.1, -0.05) is 0 Å². The van der Waals surface area contributed by atoms with Crippen LogP contribution < -0.4 is 15.4 Å². The highest BCUT2D eigenvalue weighted by molar-refractivity contribution is 14.0. The van der Waals surface area contributed by atoms with Gasteiger partial charge in [0, 0.05) is 42.8 Å². The summed E-state index contributed by atoms with van der Waals surface area (Å²) in [5, 5.41) is 7.75. The Bertz CT molecular complexity index is 662. The minimum Gasteiger partial charge on any atom is -0.478 e. The third-order valence-corrected chi connectivity index (χ3v) is 4.13. The highest BCUT2D eigenvalue weighted by Gasteiger charge is 2.02. The smallest absolute Gasteiger partial charge is 0.213 e. The minimum atomic E-state index is 0. The molecular formula is C17H26IN5OS. The summed E-state index contributed by atoms with van der Waals surface area (Å²) in [7, 11) is 0. The molecule has 0 aliphatic rings. The number of thiazole rings is 1. The zero-order chi connectivity index (χ0) is 17.2. The molecule has 0 spiro atoms. The summed E-state index contributed by atoms with van der Waals surface area (Å²) in [6, 6.07) is 3.88. The Labute approximate surface area is 170 Å². The fourth-order valence-electron chi connectivity index (χ4n) is 2.09. The summed E-state index contributed by atoms with van der Waals surface area (Å²) in [5.74, 6) is 1.45. The molecule has 0 fully saturated rings. The van der Waals surface area contributed by atoms with Crippen LogP contribution in [0, 0.1) is 6.92 Å². The second kappa shape index (κ2) is 12.0. The molecule has 0 aromatic carbocycles. The van der Waals surface area contributed by atoms with Crippen molar-refractivity contribution in [2.24, 2.45) is 4.99 Å². The Balaban J connectivity index is 0.00000312. The van der Waals surface area contributed by atoms with Gasteiger partial charge in [-0.2, -0.15) is 0 Å². The van der Waals surface area contributed by atoms with Crippen molar-refractivity contribution >= 4 is 41.3 Å². The van der Waals surface area contributed by atoms with Crippen LogP contribution in [0.5, 0.6) is 5.88 Å². The zero-order valence-corrected chi connectivity index (χ0v) is 18.1. The number of nitrogens with one attached hydrogen (secondary N) is 2. The van der Waals surface area contributed by atoms with Crippen molar-refractivity contribution in [3.8, 4) is 5.88 Å². The van der Waals surface area contributed by atoms with E-state index in [1.54, 1.807) is 17.5 Å². The molecule has 2 heterocycles. The third kappa shape index (κ3) is 8.00. The lowest BCUT2D eigenvalue weighted by molar-refractivity contribution is 0.326. The van der Waals surface area contributed by atoms with Crippen LogP contribution in [0.25, 0.3) is 0 Å². The van der Waals surface area contributed by atoms with E-state index in [-0.39, 0.29) is 24.0 Å². The SMILES string of the molecule is CCNC(=NCc1ccnc(OCC)c1)NCCc1ncc(C)s1.I. The molecule has 2 rings (SSSR count). The summed E-state index contributed by atoms with van der Waals surface area (Å²) in [6.07, 6.45) is 4.56. The monoisotopic (exact) mass is 475 g/mol. The van der Waals surface area contributed by atoms with E-state index in [1.165, 1.54) is 4.88 Å². The molecule has 0 saturated carbocycles. The zero-order valence-electron chi connectivity index (χ0n) is 14.9. The van der Waals surface area contributed by atoms with Gasteiger partial charge in [-0.15, -0.1) is 35.3 Å². The van der Waals surface area contributed by atoms with E-state index < -0.39 is 0 Å². The molecular weight excluding hydrogens is 449 g/mol. The van der Waals surface area contributed by atoms with Crippen LogP contribution in [-0.4, -0.2) is 35.6 Å². The summed E-state index contributed by atoms with van der Waals surface area (Å²) < 4.78 is 5.42. The Morgan fingerprint density at radius 1 is 1.28 bits per heavy atom. The first-order valence-electron chi connectivity index (χ1n) is 8.22. The molecule has 2 aromatic heterocycles. The van der Waals surface area contributed by atoms with Crippen LogP contribution in [-0.2, 0) is 13.0 Å². The molecule has 6 nitrogen and oxygen atoms in total. The molecule has 2 aromatic rings.